The van der Waals surface area contributed by atoms with Gasteiger partial charge in [-0.3, -0.25) is 9.78 Å². The molecule has 2 aromatic rings. The summed E-state index contributed by atoms with van der Waals surface area (Å²) in [7, 11) is 0. The summed E-state index contributed by atoms with van der Waals surface area (Å²) in [5.74, 6) is -1.88. The Labute approximate surface area is 183 Å². The van der Waals surface area contributed by atoms with E-state index in [1.165, 1.54) is 23.9 Å². The highest BCUT2D eigenvalue weighted by atomic mass is 32.2. The maximum atomic E-state index is 14.9. The number of rotatable bonds is 3. The number of carbonyl (C=O) groups is 1. The maximum Gasteiger partial charge on any atom is 0.417 e. The minimum Gasteiger partial charge on any atom is -0.379 e. The second kappa shape index (κ2) is 8.32. The van der Waals surface area contributed by atoms with Gasteiger partial charge in [-0.25, -0.2) is 13.8 Å². The van der Waals surface area contributed by atoms with Crippen LogP contribution >= 0.6 is 11.8 Å². The molecule has 32 heavy (non-hydrogen) atoms. The fourth-order valence-electron chi connectivity index (χ4n) is 3.77. The summed E-state index contributed by atoms with van der Waals surface area (Å²) in [5.41, 5.74) is 3.34. The Bertz CT molecular complexity index is 1060. The molecule has 0 unspecified atom stereocenters. The van der Waals surface area contributed by atoms with Gasteiger partial charge in [0.05, 0.1) is 18.8 Å². The van der Waals surface area contributed by atoms with Crippen molar-refractivity contribution in [3.63, 3.8) is 0 Å². The van der Waals surface area contributed by atoms with E-state index < -0.39 is 41.1 Å². The lowest BCUT2D eigenvalue weighted by Gasteiger charge is -2.45. The second-order valence-corrected chi connectivity index (χ2v) is 8.44. The molecular weight excluding hydrogens is 455 g/mol. The number of alkyl halides is 4. The van der Waals surface area contributed by atoms with Gasteiger partial charge in [0.1, 0.15) is 23.2 Å². The van der Waals surface area contributed by atoms with E-state index in [4.69, 9.17) is 10.5 Å². The quantitative estimate of drug-likeness (QED) is 0.665. The number of anilines is 1. The van der Waals surface area contributed by atoms with E-state index in [-0.39, 0.29) is 41.1 Å². The molecule has 0 saturated carbocycles. The molecule has 0 aliphatic carbocycles. The molecule has 1 aromatic heterocycles. The first kappa shape index (κ1) is 22.5. The van der Waals surface area contributed by atoms with Gasteiger partial charge in [0, 0.05) is 29.1 Å². The molecule has 0 spiro atoms. The number of aromatic nitrogens is 1. The van der Waals surface area contributed by atoms with Gasteiger partial charge < -0.3 is 15.8 Å². The SMILES string of the molecule is NC1=N[C@@]2(c3cc(NC(=O)c4ccc(C(F)(F)F)cn4)ccc3F)COC[C@@H](F)[C@H]2CS1. The van der Waals surface area contributed by atoms with Crippen molar-refractivity contribution >= 4 is 28.5 Å². The second-order valence-electron chi connectivity index (χ2n) is 7.40. The number of aliphatic imine (C=N–C) groups is 1. The average Bonchev–Trinajstić information content (AvgIpc) is 2.74. The van der Waals surface area contributed by atoms with Crippen LogP contribution < -0.4 is 11.1 Å². The van der Waals surface area contributed by atoms with Gasteiger partial charge >= 0.3 is 6.18 Å². The topological polar surface area (TPSA) is 89.6 Å². The summed E-state index contributed by atoms with van der Waals surface area (Å²) < 4.78 is 72.9. The fraction of sp³-hybridized carbons (Fsp3) is 0.350. The Morgan fingerprint density at radius 3 is 2.75 bits per heavy atom. The number of thioether (sulfide) groups is 1. The van der Waals surface area contributed by atoms with Gasteiger partial charge in [-0.15, -0.1) is 0 Å². The summed E-state index contributed by atoms with van der Waals surface area (Å²) in [4.78, 5) is 20.3. The number of benzene rings is 1. The van der Waals surface area contributed by atoms with Crippen LogP contribution in [0.3, 0.4) is 0 Å². The molecule has 2 aliphatic rings. The number of carbonyl (C=O) groups excluding carboxylic acids is 1. The third kappa shape index (κ3) is 4.16. The third-order valence-electron chi connectivity index (χ3n) is 5.38. The number of fused-ring (bicyclic) bond motifs is 1. The Kier molecular flexibility index (Phi) is 5.84. The minimum absolute atomic E-state index is 0.00581. The molecule has 1 fully saturated rings. The first-order valence-electron chi connectivity index (χ1n) is 9.45. The Balaban J connectivity index is 1.64. The molecule has 3 heterocycles. The molecule has 1 aromatic carbocycles. The molecule has 0 radical (unpaired) electrons. The van der Waals surface area contributed by atoms with E-state index in [9.17, 15) is 26.7 Å². The summed E-state index contributed by atoms with van der Waals surface area (Å²) in [6.07, 6.45) is -5.42. The number of hydrogen-bond donors (Lipinski definition) is 2. The zero-order chi connectivity index (χ0) is 23.1. The number of amides is 1. The highest BCUT2D eigenvalue weighted by Crippen LogP contribution is 2.46. The molecule has 12 heteroatoms. The zero-order valence-corrected chi connectivity index (χ0v) is 17.1. The standard InChI is InChI=1S/C20H17F5N4O2S/c21-14-3-2-11(28-17(30)16-4-1-10(6-27-16)20(23,24)25)5-12(14)19-9-31-7-15(22)13(19)8-32-18(26)29-19/h1-6,13,15H,7-9H2,(H2,26,29)(H,28,30)/t13-,15-,19-/m1/s1. The van der Waals surface area contributed by atoms with E-state index in [1.54, 1.807) is 0 Å². The zero-order valence-electron chi connectivity index (χ0n) is 16.3. The van der Waals surface area contributed by atoms with Crippen molar-refractivity contribution < 1.29 is 31.5 Å². The highest BCUT2D eigenvalue weighted by Gasteiger charge is 2.51. The Hall–Kier alpha value is -2.73. The fourth-order valence-corrected chi connectivity index (χ4v) is 4.84. The Morgan fingerprint density at radius 1 is 1.28 bits per heavy atom. The lowest BCUT2D eigenvalue weighted by Crippen LogP contribution is -2.53. The summed E-state index contributed by atoms with van der Waals surface area (Å²) >= 11 is 1.17. The molecule has 4 rings (SSSR count). The number of nitrogens with zero attached hydrogens (tertiary/aromatic N) is 2. The van der Waals surface area contributed by atoms with Crippen LogP contribution in [0.25, 0.3) is 0 Å². The van der Waals surface area contributed by atoms with Crippen LogP contribution in [0.2, 0.25) is 0 Å². The van der Waals surface area contributed by atoms with E-state index in [0.717, 1.165) is 18.2 Å². The van der Waals surface area contributed by atoms with Crippen LogP contribution in [0.15, 0.2) is 41.5 Å². The van der Waals surface area contributed by atoms with Crippen molar-refractivity contribution in [1.29, 1.82) is 0 Å². The van der Waals surface area contributed by atoms with Crippen molar-refractivity contribution in [3.8, 4) is 0 Å². The summed E-state index contributed by atoms with van der Waals surface area (Å²) in [6.45, 7) is -0.228. The third-order valence-corrected chi connectivity index (χ3v) is 6.30. The van der Waals surface area contributed by atoms with Crippen molar-refractivity contribution in [1.82, 2.24) is 4.98 Å². The van der Waals surface area contributed by atoms with Gasteiger partial charge in [0.15, 0.2) is 5.17 Å². The maximum absolute atomic E-state index is 14.9. The minimum atomic E-state index is -4.58. The van der Waals surface area contributed by atoms with Crippen LogP contribution in [-0.4, -0.2) is 41.2 Å². The molecule has 1 amide bonds. The molecule has 6 nitrogen and oxygen atoms in total. The van der Waals surface area contributed by atoms with Gasteiger partial charge in [0.25, 0.3) is 5.91 Å². The number of nitrogens with two attached hydrogens (primary N) is 1. The molecule has 170 valence electrons. The van der Waals surface area contributed by atoms with E-state index in [1.807, 2.05) is 0 Å². The van der Waals surface area contributed by atoms with Crippen LogP contribution in [0.5, 0.6) is 0 Å². The van der Waals surface area contributed by atoms with Crippen LogP contribution in [0.4, 0.5) is 27.6 Å². The van der Waals surface area contributed by atoms with E-state index in [0.29, 0.717) is 6.20 Å². The number of nitrogens with one attached hydrogen (secondary N) is 1. The molecule has 3 N–H and O–H groups in total. The van der Waals surface area contributed by atoms with E-state index in [2.05, 4.69) is 15.3 Å². The smallest absolute Gasteiger partial charge is 0.379 e. The monoisotopic (exact) mass is 472 g/mol. The predicted octanol–water partition coefficient (Wildman–Crippen LogP) is 3.73. The number of halogens is 5. The first-order valence-corrected chi connectivity index (χ1v) is 10.4. The van der Waals surface area contributed by atoms with Gasteiger partial charge in [-0.2, -0.15) is 13.2 Å². The number of pyridine rings is 1. The highest BCUT2D eigenvalue weighted by molar-refractivity contribution is 8.13. The van der Waals surface area contributed by atoms with Gasteiger partial charge in [-0.05, 0) is 30.3 Å². The van der Waals surface area contributed by atoms with Crippen LogP contribution in [0, 0.1) is 11.7 Å². The largest absolute Gasteiger partial charge is 0.417 e. The van der Waals surface area contributed by atoms with Gasteiger partial charge in [0.2, 0.25) is 0 Å². The van der Waals surface area contributed by atoms with Crippen LogP contribution in [-0.2, 0) is 16.5 Å². The molecule has 2 aliphatic heterocycles. The van der Waals surface area contributed by atoms with Crippen molar-refractivity contribution in [2.24, 2.45) is 16.6 Å². The van der Waals surface area contributed by atoms with Crippen LogP contribution in [0.1, 0.15) is 21.6 Å². The number of hydrogen-bond acceptors (Lipinski definition) is 6. The number of amidine groups is 1. The first-order chi connectivity index (χ1) is 15.1. The molecule has 1 saturated heterocycles. The van der Waals surface area contributed by atoms with E-state index >= 15 is 0 Å². The summed E-state index contributed by atoms with van der Waals surface area (Å²) in [5, 5.41) is 2.64. The molecule has 0 bridgehead atoms. The normalized spacial score (nSPS) is 25.6. The lowest BCUT2D eigenvalue weighted by atomic mass is 9.75. The number of ether oxygens (including phenoxy) is 1. The van der Waals surface area contributed by atoms with Crippen molar-refractivity contribution in [3.05, 3.63) is 59.2 Å². The van der Waals surface area contributed by atoms with Crippen molar-refractivity contribution in [2.75, 3.05) is 24.3 Å². The summed E-state index contributed by atoms with van der Waals surface area (Å²) in [6, 6.07) is 5.33. The molecule has 3 atom stereocenters. The Morgan fingerprint density at radius 2 is 2.06 bits per heavy atom. The average molecular weight is 472 g/mol. The predicted molar refractivity (Wildman–Crippen MR) is 109 cm³/mol. The lowest BCUT2D eigenvalue weighted by molar-refractivity contribution is -0.137. The van der Waals surface area contributed by atoms with Gasteiger partial charge in [-0.1, -0.05) is 11.8 Å². The van der Waals surface area contributed by atoms with Crippen molar-refractivity contribution in [2.45, 2.75) is 17.9 Å². The molecular formula is C20H17F5N4O2S.